The van der Waals surface area contributed by atoms with Crippen LogP contribution in [0.5, 0.6) is 0 Å². The summed E-state index contributed by atoms with van der Waals surface area (Å²) >= 11 is 7.01. The summed E-state index contributed by atoms with van der Waals surface area (Å²) in [6.45, 7) is 6.57. The van der Waals surface area contributed by atoms with E-state index >= 15 is 0 Å². The summed E-state index contributed by atoms with van der Waals surface area (Å²) in [7, 11) is 0. The molecule has 1 heterocycles. The number of ketones is 1. The first-order chi connectivity index (χ1) is 10.3. The molecule has 0 aliphatic heterocycles. The minimum absolute atomic E-state index is 0.0571. The number of esters is 1. The minimum Gasteiger partial charge on any atom is -0.457 e. The third-order valence-corrected chi connectivity index (χ3v) is 5.75. The Balaban J connectivity index is 1.78. The fourth-order valence-corrected chi connectivity index (χ4v) is 3.95. The predicted octanol–water partition coefficient (Wildman–Crippen LogP) is 4.98. The number of hydrogen-bond acceptors (Lipinski definition) is 4. The maximum absolute atomic E-state index is 12.1. The van der Waals surface area contributed by atoms with Gasteiger partial charge in [0.2, 0.25) is 5.78 Å². The van der Waals surface area contributed by atoms with Crippen LogP contribution in [0.2, 0.25) is 4.34 Å². The number of thiophene rings is 1. The molecule has 0 radical (unpaired) electrons. The monoisotopic (exact) mass is 342 g/mol. The second-order valence-corrected chi connectivity index (χ2v) is 8.76. The second kappa shape index (κ2) is 7.14. The van der Waals surface area contributed by atoms with E-state index in [0.717, 1.165) is 25.7 Å². The number of carbonyl (C=O) groups is 2. The van der Waals surface area contributed by atoms with E-state index in [4.69, 9.17) is 16.3 Å². The summed E-state index contributed by atoms with van der Waals surface area (Å²) in [6, 6.07) is 3.34. The third-order valence-electron chi connectivity index (χ3n) is 4.48. The van der Waals surface area contributed by atoms with Crippen LogP contribution in [-0.4, -0.2) is 18.4 Å². The van der Waals surface area contributed by atoms with Crippen LogP contribution in [-0.2, 0) is 9.53 Å². The van der Waals surface area contributed by atoms with E-state index in [2.05, 4.69) is 20.8 Å². The number of rotatable bonds is 4. The van der Waals surface area contributed by atoms with Crippen molar-refractivity contribution in [1.82, 2.24) is 0 Å². The molecule has 122 valence electrons. The Morgan fingerprint density at radius 2 is 1.86 bits per heavy atom. The van der Waals surface area contributed by atoms with Crippen LogP contribution in [0.4, 0.5) is 0 Å². The van der Waals surface area contributed by atoms with E-state index in [1.165, 1.54) is 11.3 Å². The lowest BCUT2D eigenvalue weighted by molar-refractivity contribution is -0.149. The van der Waals surface area contributed by atoms with Gasteiger partial charge in [0.15, 0.2) is 6.61 Å². The van der Waals surface area contributed by atoms with Crippen LogP contribution in [0, 0.1) is 17.3 Å². The number of Topliss-reactive ketones (excluding diaryl/α,β-unsaturated/α-hetero) is 1. The van der Waals surface area contributed by atoms with Gasteiger partial charge in [-0.1, -0.05) is 32.4 Å². The van der Waals surface area contributed by atoms with E-state index in [9.17, 15) is 9.59 Å². The fourth-order valence-electron chi connectivity index (χ4n) is 2.98. The molecule has 1 saturated carbocycles. The second-order valence-electron chi connectivity index (χ2n) is 7.05. The highest BCUT2D eigenvalue weighted by Crippen LogP contribution is 2.40. The molecule has 1 aromatic heterocycles. The molecule has 1 aliphatic carbocycles. The summed E-state index contributed by atoms with van der Waals surface area (Å²) < 4.78 is 5.77. The maximum Gasteiger partial charge on any atom is 0.309 e. The Hall–Kier alpha value is -0.870. The highest BCUT2D eigenvalue weighted by molar-refractivity contribution is 7.18. The van der Waals surface area contributed by atoms with Crippen LogP contribution >= 0.6 is 22.9 Å². The molecule has 0 bridgehead atoms. The van der Waals surface area contributed by atoms with E-state index in [1.54, 1.807) is 12.1 Å². The Labute approximate surface area is 141 Å². The van der Waals surface area contributed by atoms with Crippen LogP contribution < -0.4 is 0 Å². The van der Waals surface area contributed by atoms with Gasteiger partial charge in [-0.15, -0.1) is 11.3 Å². The molecular weight excluding hydrogens is 320 g/mol. The summed E-state index contributed by atoms with van der Waals surface area (Å²) in [5.41, 5.74) is 0.295. The van der Waals surface area contributed by atoms with Crippen molar-refractivity contribution in [3.63, 3.8) is 0 Å². The van der Waals surface area contributed by atoms with Gasteiger partial charge in [-0.05, 0) is 49.1 Å². The van der Waals surface area contributed by atoms with Gasteiger partial charge in [-0.3, -0.25) is 9.59 Å². The lowest BCUT2D eigenvalue weighted by Crippen LogP contribution is -2.30. The van der Waals surface area contributed by atoms with Crippen LogP contribution in [0.15, 0.2) is 12.1 Å². The van der Waals surface area contributed by atoms with Crippen LogP contribution in [0.1, 0.15) is 56.1 Å². The molecule has 3 nitrogen and oxygen atoms in total. The van der Waals surface area contributed by atoms with E-state index < -0.39 is 0 Å². The van der Waals surface area contributed by atoms with Crippen molar-refractivity contribution in [3.05, 3.63) is 21.3 Å². The van der Waals surface area contributed by atoms with Crippen LogP contribution in [0.3, 0.4) is 0 Å². The van der Waals surface area contributed by atoms with Crippen molar-refractivity contribution in [2.24, 2.45) is 17.3 Å². The van der Waals surface area contributed by atoms with Gasteiger partial charge in [0.25, 0.3) is 0 Å². The van der Waals surface area contributed by atoms with Crippen molar-refractivity contribution in [1.29, 1.82) is 0 Å². The van der Waals surface area contributed by atoms with E-state index in [-0.39, 0.29) is 24.3 Å². The smallest absolute Gasteiger partial charge is 0.309 e. The predicted molar refractivity (Wildman–Crippen MR) is 89.5 cm³/mol. The summed E-state index contributed by atoms with van der Waals surface area (Å²) in [6.07, 6.45) is 3.83. The molecule has 1 aliphatic rings. The van der Waals surface area contributed by atoms with E-state index in [1.807, 2.05) is 0 Å². The van der Waals surface area contributed by atoms with Gasteiger partial charge in [0.1, 0.15) is 0 Å². The highest BCUT2D eigenvalue weighted by atomic mass is 35.5. The number of ether oxygens (including phenoxy) is 1. The number of hydrogen-bond donors (Lipinski definition) is 0. The molecule has 0 N–H and O–H groups in total. The van der Waals surface area contributed by atoms with Crippen molar-refractivity contribution in [2.45, 2.75) is 46.5 Å². The average molecular weight is 343 g/mol. The molecule has 1 fully saturated rings. The zero-order valence-corrected chi connectivity index (χ0v) is 14.9. The van der Waals surface area contributed by atoms with E-state index in [0.29, 0.717) is 20.5 Å². The lowest BCUT2D eigenvalue weighted by atomic mass is 9.70. The minimum atomic E-state index is -0.233. The SMILES string of the molecule is CC(C)(C)C1CCC(C(=O)OCC(=O)c2ccc(Cl)s2)CC1. The first kappa shape index (κ1) is 17.5. The Morgan fingerprint density at radius 1 is 1.23 bits per heavy atom. The van der Waals surface area contributed by atoms with Gasteiger partial charge in [-0.25, -0.2) is 0 Å². The van der Waals surface area contributed by atoms with Gasteiger partial charge in [0, 0.05) is 0 Å². The van der Waals surface area contributed by atoms with Crippen molar-refractivity contribution in [3.8, 4) is 0 Å². The molecule has 0 amide bonds. The van der Waals surface area contributed by atoms with Gasteiger partial charge >= 0.3 is 5.97 Å². The van der Waals surface area contributed by atoms with Crippen LogP contribution in [0.25, 0.3) is 0 Å². The first-order valence-corrected chi connectivity index (χ1v) is 8.92. The molecule has 0 atom stereocenters. The molecule has 22 heavy (non-hydrogen) atoms. The molecule has 0 aromatic carbocycles. The zero-order valence-electron chi connectivity index (χ0n) is 13.4. The molecular formula is C17H23ClO3S. The van der Waals surface area contributed by atoms with Gasteiger partial charge in [0.05, 0.1) is 15.1 Å². The molecule has 5 heteroatoms. The van der Waals surface area contributed by atoms with Crippen molar-refractivity contribution < 1.29 is 14.3 Å². The first-order valence-electron chi connectivity index (χ1n) is 7.72. The molecule has 1 aromatic rings. The normalized spacial score (nSPS) is 22.4. The summed E-state index contributed by atoms with van der Waals surface area (Å²) in [4.78, 5) is 24.5. The molecule has 2 rings (SSSR count). The standard InChI is InChI=1S/C17H23ClO3S/c1-17(2,3)12-6-4-11(5-7-12)16(20)21-10-13(19)14-8-9-15(18)22-14/h8-9,11-12H,4-7,10H2,1-3H3. The highest BCUT2D eigenvalue weighted by Gasteiger charge is 2.33. The Morgan fingerprint density at radius 3 is 2.36 bits per heavy atom. The lowest BCUT2D eigenvalue weighted by Gasteiger charge is -2.36. The fraction of sp³-hybridized carbons (Fsp3) is 0.647. The van der Waals surface area contributed by atoms with Gasteiger partial charge < -0.3 is 4.74 Å². The molecule has 0 unspecified atom stereocenters. The summed E-state index contributed by atoms with van der Waals surface area (Å²) in [5, 5.41) is 0. The summed E-state index contributed by atoms with van der Waals surface area (Å²) in [5.74, 6) is 0.182. The molecule has 0 spiro atoms. The van der Waals surface area contributed by atoms with Crippen molar-refractivity contribution in [2.75, 3.05) is 6.61 Å². The maximum atomic E-state index is 12.1. The largest absolute Gasteiger partial charge is 0.457 e. The zero-order chi connectivity index (χ0) is 16.3. The number of carbonyl (C=O) groups excluding carboxylic acids is 2. The molecule has 0 saturated heterocycles. The van der Waals surface area contributed by atoms with Crippen molar-refractivity contribution >= 4 is 34.7 Å². The topological polar surface area (TPSA) is 43.4 Å². The van der Waals surface area contributed by atoms with Gasteiger partial charge in [-0.2, -0.15) is 0 Å². The Kier molecular flexibility index (Phi) is 5.67. The quantitative estimate of drug-likeness (QED) is 0.572. The Bertz CT molecular complexity index is 536. The average Bonchev–Trinajstić information content (AvgIpc) is 2.90. The third kappa shape index (κ3) is 4.56. The number of halogens is 1.